The van der Waals surface area contributed by atoms with Crippen molar-refractivity contribution in [1.29, 1.82) is 0 Å². The van der Waals surface area contributed by atoms with Crippen LogP contribution in [0.1, 0.15) is 0 Å². The highest BCUT2D eigenvalue weighted by atomic mass is 16.2. The SMILES string of the molecule is O=CNC1C=NC(=O)NC1=O. The lowest BCUT2D eigenvalue weighted by Gasteiger charge is -2.12. The van der Waals surface area contributed by atoms with Crippen molar-refractivity contribution in [2.24, 2.45) is 4.99 Å². The number of carbonyl (C=O) groups is 3. The van der Waals surface area contributed by atoms with Gasteiger partial charge >= 0.3 is 6.03 Å². The Labute approximate surface area is 61.7 Å². The molecule has 0 saturated heterocycles. The number of imide groups is 1. The number of amides is 4. The van der Waals surface area contributed by atoms with Crippen LogP contribution in [-0.2, 0) is 9.59 Å². The minimum absolute atomic E-state index is 0.367. The first-order valence-corrected chi connectivity index (χ1v) is 2.83. The molecule has 6 heteroatoms. The minimum Gasteiger partial charge on any atom is -0.342 e. The molecule has 1 rings (SSSR count). The van der Waals surface area contributed by atoms with Crippen LogP contribution in [0.25, 0.3) is 0 Å². The van der Waals surface area contributed by atoms with Crippen LogP contribution < -0.4 is 10.6 Å². The maximum Gasteiger partial charge on any atom is 0.347 e. The summed E-state index contributed by atoms with van der Waals surface area (Å²) in [4.78, 5) is 34.3. The summed E-state index contributed by atoms with van der Waals surface area (Å²) in [5.41, 5.74) is 0. The molecule has 0 fully saturated rings. The van der Waals surface area contributed by atoms with Crippen LogP contribution in [-0.4, -0.2) is 30.6 Å². The van der Waals surface area contributed by atoms with E-state index in [-0.39, 0.29) is 0 Å². The molecular formula is C5H5N3O3. The fourth-order valence-electron chi connectivity index (χ4n) is 0.617. The second-order valence-electron chi connectivity index (χ2n) is 1.83. The van der Waals surface area contributed by atoms with Crippen molar-refractivity contribution in [3.63, 3.8) is 0 Å². The molecule has 0 spiro atoms. The third-order valence-corrected chi connectivity index (χ3v) is 1.10. The predicted octanol–water partition coefficient (Wildman–Crippen LogP) is -1.58. The molecule has 1 aliphatic rings. The molecule has 0 bridgehead atoms. The van der Waals surface area contributed by atoms with E-state index in [1.165, 1.54) is 0 Å². The summed E-state index contributed by atoms with van der Waals surface area (Å²) in [5.74, 6) is -0.572. The predicted molar refractivity (Wildman–Crippen MR) is 35.0 cm³/mol. The van der Waals surface area contributed by atoms with Crippen molar-refractivity contribution in [3.8, 4) is 0 Å². The van der Waals surface area contributed by atoms with E-state index in [1.54, 1.807) is 0 Å². The van der Waals surface area contributed by atoms with Gasteiger partial charge in [0.1, 0.15) is 6.04 Å². The summed E-state index contributed by atoms with van der Waals surface area (Å²) in [5, 5.41) is 4.08. The van der Waals surface area contributed by atoms with Gasteiger partial charge in [-0.3, -0.25) is 14.9 Å². The Morgan fingerprint density at radius 1 is 1.64 bits per heavy atom. The highest BCUT2D eigenvalue weighted by molar-refractivity contribution is 6.12. The number of aliphatic imine (C=N–C) groups is 1. The summed E-state index contributed by atoms with van der Waals surface area (Å²) in [6.07, 6.45) is 1.45. The van der Waals surface area contributed by atoms with Gasteiger partial charge in [0.25, 0.3) is 5.91 Å². The summed E-state index contributed by atoms with van der Waals surface area (Å²) < 4.78 is 0. The standard InChI is InChI=1S/C5H5N3O3/c9-2-7-3-1-6-5(11)8-4(3)10/h1-3H,(H,7,9)(H,8,10,11). The molecule has 11 heavy (non-hydrogen) atoms. The van der Waals surface area contributed by atoms with Crippen molar-refractivity contribution in [1.82, 2.24) is 10.6 Å². The molecular weight excluding hydrogens is 150 g/mol. The van der Waals surface area contributed by atoms with Crippen LogP contribution in [0.3, 0.4) is 0 Å². The number of carbonyl (C=O) groups excluding carboxylic acids is 3. The van der Waals surface area contributed by atoms with Crippen LogP contribution in [0.15, 0.2) is 4.99 Å². The number of nitrogens with one attached hydrogen (secondary N) is 2. The molecule has 0 aromatic heterocycles. The Balaban J connectivity index is 2.67. The average Bonchev–Trinajstić information content (AvgIpc) is 1.95. The first-order valence-electron chi connectivity index (χ1n) is 2.83. The fraction of sp³-hybridized carbons (Fsp3) is 0.200. The van der Waals surface area contributed by atoms with Crippen molar-refractivity contribution in [2.45, 2.75) is 6.04 Å². The third-order valence-electron chi connectivity index (χ3n) is 1.10. The van der Waals surface area contributed by atoms with Crippen molar-refractivity contribution in [3.05, 3.63) is 0 Å². The van der Waals surface area contributed by atoms with E-state index in [0.717, 1.165) is 6.21 Å². The molecule has 2 N–H and O–H groups in total. The van der Waals surface area contributed by atoms with Gasteiger partial charge in [-0.2, -0.15) is 0 Å². The smallest absolute Gasteiger partial charge is 0.342 e. The zero-order chi connectivity index (χ0) is 8.27. The molecule has 4 amide bonds. The summed E-state index contributed by atoms with van der Waals surface area (Å²) >= 11 is 0. The largest absolute Gasteiger partial charge is 0.347 e. The van der Waals surface area contributed by atoms with Gasteiger partial charge in [0, 0.05) is 6.21 Å². The lowest BCUT2D eigenvalue weighted by atomic mass is 10.3. The van der Waals surface area contributed by atoms with Crippen LogP contribution in [0.5, 0.6) is 0 Å². The molecule has 1 aliphatic heterocycles. The molecule has 0 radical (unpaired) electrons. The molecule has 0 aliphatic carbocycles. The lowest BCUT2D eigenvalue weighted by molar-refractivity contribution is -0.122. The molecule has 58 valence electrons. The van der Waals surface area contributed by atoms with Gasteiger partial charge in [-0.1, -0.05) is 0 Å². The first-order chi connectivity index (χ1) is 5.24. The van der Waals surface area contributed by atoms with Gasteiger partial charge in [0.05, 0.1) is 0 Å². The number of rotatable bonds is 2. The Morgan fingerprint density at radius 3 is 2.91 bits per heavy atom. The minimum atomic E-state index is -0.829. The first kappa shape index (κ1) is 7.39. The normalized spacial score (nSPS) is 22.7. The van der Waals surface area contributed by atoms with Crippen molar-refractivity contribution in [2.75, 3.05) is 0 Å². The molecule has 1 unspecified atom stereocenters. The molecule has 0 aromatic rings. The van der Waals surface area contributed by atoms with Crippen molar-refractivity contribution >= 4 is 24.6 Å². The summed E-state index contributed by atoms with van der Waals surface area (Å²) in [6, 6.07) is -1.54. The van der Waals surface area contributed by atoms with E-state index >= 15 is 0 Å². The van der Waals surface area contributed by atoms with Gasteiger partial charge in [-0.15, -0.1) is 0 Å². The molecule has 1 atom stereocenters. The zero-order valence-electron chi connectivity index (χ0n) is 5.40. The van der Waals surface area contributed by atoms with Gasteiger partial charge in [0.15, 0.2) is 0 Å². The van der Waals surface area contributed by atoms with Crippen molar-refractivity contribution < 1.29 is 14.4 Å². The Hall–Kier alpha value is -1.72. The van der Waals surface area contributed by atoms with Gasteiger partial charge in [0.2, 0.25) is 6.41 Å². The Morgan fingerprint density at radius 2 is 2.36 bits per heavy atom. The van der Waals surface area contributed by atoms with E-state index < -0.39 is 18.0 Å². The average molecular weight is 155 g/mol. The maximum absolute atomic E-state index is 10.8. The fourth-order valence-corrected chi connectivity index (χ4v) is 0.617. The van der Waals surface area contributed by atoms with Gasteiger partial charge < -0.3 is 5.32 Å². The maximum atomic E-state index is 10.8. The highest BCUT2D eigenvalue weighted by Gasteiger charge is 2.21. The van der Waals surface area contributed by atoms with Crippen LogP contribution in [0, 0.1) is 0 Å². The van der Waals surface area contributed by atoms with E-state index in [1.807, 2.05) is 5.32 Å². The number of hydrogen-bond acceptors (Lipinski definition) is 3. The van der Waals surface area contributed by atoms with Gasteiger partial charge in [-0.05, 0) is 0 Å². The van der Waals surface area contributed by atoms with E-state index in [2.05, 4.69) is 10.3 Å². The molecule has 6 nitrogen and oxygen atoms in total. The highest BCUT2D eigenvalue weighted by Crippen LogP contribution is 1.87. The Bertz CT molecular complexity index is 235. The van der Waals surface area contributed by atoms with E-state index in [9.17, 15) is 14.4 Å². The summed E-state index contributed by atoms with van der Waals surface area (Å²) in [6.45, 7) is 0. The Kier molecular flexibility index (Phi) is 1.95. The monoisotopic (exact) mass is 155 g/mol. The second-order valence-corrected chi connectivity index (χ2v) is 1.83. The topological polar surface area (TPSA) is 87.6 Å². The van der Waals surface area contributed by atoms with Crippen LogP contribution >= 0.6 is 0 Å². The van der Waals surface area contributed by atoms with Crippen LogP contribution in [0.2, 0.25) is 0 Å². The summed E-state index contributed by atoms with van der Waals surface area (Å²) in [7, 11) is 0. The molecule has 1 heterocycles. The van der Waals surface area contributed by atoms with E-state index in [0.29, 0.717) is 6.41 Å². The second kappa shape index (κ2) is 2.91. The molecule has 0 aromatic carbocycles. The quantitative estimate of drug-likeness (QED) is 0.472. The molecule has 0 saturated carbocycles. The van der Waals surface area contributed by atoms with E-state index in [4.69, 9.17) is 0 Å². The van der Waals surface area contributed by atoms with Crippen LogP contribution in [0.4, 0.5) is 4.79 Å². The number of nitrogens with zero attached hydrogens (tertiary/aromatic N) is 1. The number of hydrogen-bond donors (Lipinski definition) is 2. The third kappa shape index (κ3) is 1.60. The number of urea groups is 1. The lowest BCUT2D eigenvalue weighted by Crippen LogP contribution is -2.49. The van der Waals surface area contributed by atoms with Gasteiger partial charge in [-0.25, -0.2) is 9.79 Å². The zero-order valence-corrected chi connectivity index (χ0v) is 5.40.